The molecule has 2 aromatic carbocycles. The van der Waals surface area contributed by atoms with Gasteiger partial charge in [0, 0.05) is 11.4 Å². The first-order valence-corrected chi connectivity index (χ1v) is 8.46. The highest BCUT2D eigenvalue weighted by Gasteiger charge is 2.51. The number of phenolic OH excluding ortho intramolecular Hbond substituents is 1. The van der Waals surface area contributed by atoms with E-state index in [9.17, 15) is 9.90 Å². The summed E-state index contributed by atoms with van der Waals surface area (Å²) in [6.07, 6.45) is 0. The highest BCUT2D eigenvalue weighted by atomic mass is 35.5. The minimum absolute atomic E-state index is 0.138. The molecule has 0 bridgehead atoms. The maximum absolute atomic E-state index is 13.0. The molecule has 1 saturated heterocycles. The van der Waals surface area contributed by atoms with Crippen molar-refractivity contribution >= 4 is 41.5 Å². The molecule has 128 valence electrons. The Kier molecular flexibility index (Phi) is 4.31. The number of anilines is 2. The summed E-state index contributed by atoms with van der Waals surface area (Å²) in [5.41, 5.74) is 0.282. The minimum Gasteiger partial charge on any atom is -0.508 e. The lowest BCUT2D eigenvalue weighted by molar-refractivity contribution is -0.120. The molecule has 1 atom stereocenters. The zero-order valence-corrected chi connectivity index (χ0v) is 15.3. The van der Waals surface area contributed by atoms with E-state index in [1.807, 2.05) is 24.8 Å². The predicted molar refractivity (Wildman–Crippen MR) is 101 cm³/mol. The number of carbonyl (C=O) groups excluding carboxylic acids is 1. The van der Waals surface area contributed by atoms with Crippen LogP contribution in [0.2, 0.25) is 5.02 Å². The molecule has 0 saturated carbocycles. The molecule has 1 unspecified atom stereocenters. The van der Waals surface area contributed by atoms with Gasteiger partial charge in [0.2, 0.25) is 0 Å². The largest absolute Gasteiger partial charge is 0.508 e. The number of hydrogen-bond donors (Lipinski definition) is 2. The van der Waals surface area contributed by atoms with Crippen molar-refractivity contribution in [3.05, 3.63) is 53.1 Å². The van der Waals surface area contributed by atoms with Crippen LogP contribution in [0.4, 0.5) is 11.4 Å². The summed E-state index contributed by atoms with van der Waals surface area (Å²) in [7, 11) is 0. The quantitative estimate of drug-likeness (QED) is 0.786. The van der Waals surface area contributed by atoms with Gasteiger partial charge in [-0.1, -0.05) is 11.6 Å². The Balaban J connectivity index is 2.05. The molecule has 25 heavy (non-hydrogen) atoms. The van der Waals surface area contributed by atoms with Crippen molar-refractivity contribution in [2.45, 2.75) is 24.9 Å². The summed E-state index contributed by atoms with van der Waals surface area (Å²) >= 11 is 10.8. The van der Waals surface area contributed by atoms with Crippen LogP contribution in [-0.2, 0) is 4.79 Å². The van der Waals surface area contributed by atoms with Gasteiger partial charge in [0.1, 0.15) is 17.4 Å². The Morgan fingerprint density at radius 2 is 1.80 bits per heavy atom. The first-order valence-electron chi connectivity index (χ1n) is 7.57. The number of carbonyl (C=O) groups is 1. The molecule has 0 radical (unpaired) electrons. The van der Waals surface area contributed by atoms with Gasteiger partial charge in [-0.2, -0.15) is 5.26 Å². The van der Waals surface area contributed by atoms with Gasteiger partial charge in [0.15, 0.2) is 5.50 Å². The van der Waals surface area contributed by atoms with Crippen LogP contribution in [-0.4, -0.2) is 22.1 Å². The van der Waals surface area contributed by atoms with Gasteiger partial charge in [0.05, 0.1) is 10.6 Å². The number of hydrogen-bond acceptors (Lipinski definition) is 5. The number of rotatable bonds is 2. The summed E-state index contributed by atoms with van der Waals surface area (Å²) in [5, 5.41) is 18.8. The molecule has 0 aromatic heterocycles. The standard InChI is InChI=1S/C18H16ClN3O2S/c1-18(2)16(24)21(13-4-3-11(10-20)15(19)9-13)17(25)22(18)12-5-7-14(23)8-6-12/h3-9,17,23,25H,1-2H3. The van der Waals surface area contributed by atoms with E-state index in [2.05, 4.69) is 12.6 Å². The highest BCUT2D eigenvalue weighted by Crippen LogP contribution is 2.41. The number of aromatic hydroxyl groups is 1. The summed E-state index contributed by atoms with van der Waals surface area (Å²) < 4.78 is 0. The van der Waals surface area contributed by atoms with Crippen molar-refractivity contribution in [3.63, 3.8) is 0 Å². The highest BCUT2D eigenvalue weighted by molar-refractivity contribution is 7.81. The Labute approximate surface area is 156 Å². The monoisotopic (exact) mass is 373 g/mol. The summed E-state index contributed by atoms with van der Waals surface area (Å²) in [5.74, 6) is 0.0138. The van der Waals surface area contributed by atoms with Crippen molar-refractivity contribution in [3.8, 4) is 11.8 Å². The molecule has 7 heteroatoms. The fraction of sp³-hybridized carbons (Fsp3) is 0.222. The number of nitriles is 1. The topological polar surface area (TPSA) is 67.6 Å². The molecule has 3 rings (SSSR count). The number of phenols is 1. The van der Waals surface area contributed by atoms with E-state index in [1.165, 1.54) is 0 Å². The van der Waals surface area contributed by atoms with Crippen LogP contribution in [0.5, 0.6) is 5.75 Å². The van der Waals surface area contributed by atoms with Crippen LogP contribution < -0.4 is 9.80 Å². The fourth-order valence-electron chi connectivity index (χ4n) is 2.97. The number of benzene rings is 2. The van der Waals surface area contributed by atoms with E-state index in [-0.39, 0.29) is 16.7 Å². The van der Waals surface area contributed by atoms with E-state index in [4.69, 9.17) is 16.9 Å². The summed E-state index contributed by atoms with van der Waals surface area (Å²) in [4.78, 5) is 16.4. The van der Waals surface area contributed by atoms with E-state index in [0.29, 0.717) is 11.3 Å². The third-order valence-electron chi connectivity index (χ3n) is 4.29. The van der Waals surface area contributed by atoms with Crippen LogP contribution in [0.1, 0.15) is 19.4 Å². The van der Waals surface area contributed by atoms with Gasteiger partial charge >= 0.3 is 0 Å². The first kappa shape index (κ1) is 17.5. The minimum atomic E-state index is -0.843. The molecule has 1 aliphatic rings. The Hall–Kier alpha value is -2.36. The van der Waals surface area contributed by atoms with Crippen molar-refractivity contribution in [1.29, 1.82) is 5.26 Å². The summed E-state index contributed by atoms with van der Waals surface area (Å²) in [6, 6.07) is 13.5. The van der Waals surface area contributed by atoms with Gasteiger partial charge in [-0.15, -0.1) is 12.6 Å². The van der Waals surface area contributed by atoms with E-state index in [1.54, 1.807) is 47.4 Å². The lowest BCUT2D eigenvalue weighted by Gasteiger charge is -2.33. The molecular formula is C18H16ClN3O2S. The Morgan fingerprint density at radius 3 is 2.36 bits per heavy atom. The fourth-order valence-corrected chi connectivity index (χ4v) is 3.85. The second-order valence-corrected chi connectivity index (χ2v) is 7.11. The van der Waals surface area contributed by atoms with Crippen molar-refractivity contribution < 1.29 is 9.90 Å². The SMILES string of the molecule is CC1(C)C(=O)N(c2ccc(C#N)c(Cl)c2)C(S)N1c1ccc(O)cc1. The van der Waals surface area contributed by atoms with E-state index in [0.717, 1.165) is 5.69 Å². The lowest BCUT2D eigenvalue weighted by Crippen LogP contribution is -2.44. The number of nitrogens with zero attached hydrogens (tertiary/aromatic N) is 3. The maximum atomic E-state index is 13.0. The van der Waals surface area contributed by atoms with Crippen LogP contribution in [0.3, 0.4) is 0 Å². The number of thiol groups is 1. The number of halogens is 1. The maximum Gasteiger partial charge on any atom is 0.254 e. The third kappa shape index (κ3) is 2.80. The van der Waals surface area contributed by atoms with Crippen molar-refractivity contribution in [1.82, 2.24) is 0 Å². The van der Waals surface area contributed by atoms with Gasteiger partial charge in [0.25, 0.3) is 5.91 Å². The van der Waals surface area contributed by atoms with Gasteiger partial charge in [-0.25, -0.2) is 0 Å². The zero-order valence-electron chi connectivity index (χ0n) is 13.6. The summed E-state index contributed by atoms with van der Waals surface area (Å²) in [6.45, 7) is 3.63. The third-order valence-corrected chi connectivity index (χ3v) is 5.06. The molecular weight excluding hydrogens is 358 g/mol. The molecule has 1 amide bonds. The van der Waals surface area contributed by atoms with Crippen molar-refractivity contribution in [2.24, 2.45) is 0 Å². The zero-order chi connectivity index (χ0) is 18.4. The molecule has 1 fully saturated rings. The molecule has 2 aromatic rings. The van der Waals surface area contributed by atoms with Crippen LogP contribution in [0.25, 0.3) is 0 Å². The number of amides is 1. The molecule has 1 aliphatic heterocycles. The predicted octanol–water partition coefficient (Wildman–Crippen LogP) is 3.76. The lowest BCUT2D eigenvalue weighted by atomic mass is 10.0. The smallest absolute Gasteiger partial charge is 0.254 e. The molecule has 5 nitrogen and oxygen atoms in total. The molecule has 1 N–H and O–H groups in total. The van der Waals surface area contributed by atoms with Gasteiger partial charge in [-0.05, 0) is 56.3 Å². The normalized spacial score (nSPS) is 19.2. The molecule has 0 spiro atoms. The Morgan fingerprint density at radius 1 is 1.20 bits per heavy atom. The average Bonchev–Trinajstić information content (AvgIpc) is 2.74. The van der Waals surface area contributed by atoms with Crippen LogP contribution in [0.15, 0.2) is 42.5 Å². The van der Waals surface area contributed by atoms with E-state index < -0.39 is 11.0 Å². The molecule has 0 aliphatic carbocycles. The Bertz CT molecular complexity index is 877. The van der Waals surface area contributed by atoms with Crippen LogP contribution >= 0.6 is 24.2 Å². The van der Waals surface area contributed by atoms with Gasteiger partial charge < -0.3 is 10.0 Å². The second-order valence-electron chi connectivity index (χ2n) is 6.24. The molecule has 1 heterocycles. The van der Waals surface area contributed by atoms with E-state index >= 15 is 0 Å². The first-order chi connectivity index (χ1) is 11.8. The second kappa shape index (κ2) is 6.17. The van der Waals surface area contributed by atoms with Crippen LogP contribution in [0, 0.1) is 11.3 Å². The van der Waals surface area contributed by atoms with Gasteiger partial charge in [-0.3, -0.25) is 9.69 Å². The van der Waals surface area contributed by atoms with Crippen molar-refractivity contribution in [2.75, 3.05) is 9.80 Å². The average molecular weight is 374 g/mol.